The summed E-state index contributed by atoms with van der Waals surface area (Å²) in [5.41, 5.74) is 0. The second kappa shape index (κ2) is 5.27. The molecule has 2 heteroatoms. The fourth-order valence-corrected chi connectivity index (χ4v) is 4.26. The molecule has 1 aliphatic carbocycles. The van der Waals surface area contributed by atoms with E-state index in [0.717, 1.165) is 23.9 Å². The lowest BCUT2D eigenvalue weighted by molar-refractivity contribution is 0.0618. The highest BCUT2D eigenvalue weighted by Crippen LogP contribution is 2.30. The number of piperidine rings is 3. The van der Waals surface area contributed by atoms with E-state index in [2.05, 4.69) is 17.1 Å². The summed E-state index contributed by atoms with van der Waals surface area (Å²) < 4.78 is 0. The zero-order chi connectivity index (χ0) is 11.7. The monoisotopic (exact) mass is 236 g/mol. The van der Waals surface area contributed by atoms with Crippen LogP contribution in [0.5, 0.6) is 0 Å². The van der Waals surface area contributed by atoms with Gasteiger partial charge in [0.05, 0.1) is 0 Å². The first-order valence-corrected chi connectivity index (χ1v) is 7.81. The third-order valence-corrected chi connectivity index (χ3v) is 5.49. The molecule has 3 saturated heterocycles. The molecule has 98 valence electrons. The fourth-order valence-electron chi connectivity index (χ4n) is 4.26. The van der Waals surface area contributed by atoms with Gasteiger partial charge in [0.25, 0.3) is 0 Å². The molecule has 4 fully saturated rings. The predicted octanol–water partition coefficient (Wildman–Crippen LogP) is 2.64. The zero-order valence-electron chi connectivity index (χ0n) is 11.3. The van der Waals surface area contributed by atoms with Gasteiger partial charge in [-0.25, -0.2) is 0 Å². The Morgan fingerprint density at radius 2 is 1.71 bits per heavy atom. The van der Waals surface area contributed by atoms with Gasteiger partial charge in [-0.2, -0.15) is 0 Å². The van der Waals surface area contributed by atoms with Gasteiger partial charge in [-0.15, -0.1) is 0 Å². The Morgan fingerprint density at radius 1 is 1.00 bits per heavy atom. The van der Waals surface area contributed by atoms with E-state index >= 15 is 0 Å². The number of hydrogen-bond acceptors (Lipinski definition) is 2. The molecule has 2 nitrogen and oxygen atoms in total. The fraction of sp³-hybridized carbons (Fsp3) is 1.00. The number of hydrogen-bond donors (Lipinski definition) is 1. The molecule has 0 aromatic rings. The number of nitrogens with zero attached hydrogens (tertiary/aromatic N) is 1. The van der Waals surface area contributed by atoms with E-state index in [4.69, 9.17) is 0 Å². The van der Waals surface area contributed by atoms with Gasteiger partial charge in [0.2, 0.25) is 0 Å². The maximum atomic E-state index is 3.98. The Hall–Kier alpha value is -0.0800. The molecule has 4 aliphatic rings. The third-order valence-electron chi connectivity index (χ3n) is 5.49. The third kappa shape index (κ3) is 2.68. The molecular formula is C15H28N2. The molecule has 4 rings (SSSR count). The summed E-state index contributed by atoms with van der Waals surface area (Å²) in [6.07, 6.45) is 10.2. The van der Waals surface area contributed by atoms with Gasteiger partial charge in [0.1, 0.15) is 0 Å². The van der Waals surface area contributed by atoms with Gasteiger partial charge in [-0.1, -0.05) is 19.3 Å². The number of nitrogens with one attached hydrogen (secondary N) is 1. The average Bonchev–Trinajstić information content (AvgIpc) is 2.41. The molecule has 0 aromatic carbocycles. The summed E-state index contributed by atoms with van der Waals surface area (Å²) in [6, 6.07) is 1.55. The van der Waals surface area contributed by atoms with Gasteiger partial charge in [0.15, 0.2) is 0 Å². The second-order valence-electron chi connectivity index (χ2n) is 6.60. The molecular weight excluding hydrogens is 208 g/mol. The van der Waals surface area contributed by atoms with Crippen LogP contribution in [0.25, 0.3) is 0 Å². The summed E-state index contributed by atoms with van der Waals surface area (Å²) in [4.78, 5) is 2.66. The molecule has 2 bridgehead atoms. The second-order valence-corrected chi connectivity index (χ2v) is 6.60. The highest BCUT2D eigenvalue weighted by atomic mass is 15.2. The normalized spacial score (nSPS) is 40.4. The van der Waals surface area contributed by atoms with Crippen LogP contribution in [0, 0.1) is 11.8 Å². The Bertz CT molecular complexity index is 239. The summed E-state index contributed by atoms with van der Waals surface area (Å²) in [5.74, 6) is 1.94. The summed E-state index contributed by atoms with van der Waals surface area (Å²) in [7, 11) is 0. The lowest BCUT2D eigenvalue weighted by Crippen LogP contribution is -2.58. The van der Waals surface area contributed by atoms with Crippen LogP contribution in [0.15, 0.2) is 0 Å². The Balaban J connectivity index is 1.52. The molecule has 3 heterocycles. The zero-order valence-corrected chi connectivity index (χ0v) is 11.3. The first-order valence-electron chi connectivity index (χ1n) is 7.81. The van der Waals surface area contributed by atoms with Crippen LogP contribution < -0.4 is 5.32 Å². The van der Waals surface area contributed by atoms with E-state index in [0.29, 0.717) is 0 Å². The molecule has 0 spiro atoms. The summed E-state index contributed by atoms with van der Waals surface area (Å²) in [5, 5.41) is 3.98. The molecule has 1 N–H and O–H groups in total. The quantitative estimate of drug-likeness (QED) is 0.810. The van der Waals surface area contributed by atoms with E-state index < -0.39 is 0 Å². The van der Waals surface area contributed by atoms with E-state index in [-0.39, 0.29) is 0 Å². The Labute approximate surface area is 106 Å². The van der Waals surface area contributed by atoms with Crippen LogP contribution in [0.3, 0.4) is 0 Å². The van der Waals surface area contributed by atoms with Crippen molar-refractivity contribution < 1.29 is 0 Å². The van der Waals surface area contributed by atoms with Crippen molar-refractivity contribution in [1.29, 1.82) is 0 Å². The maximum absolute atomic E-state index is 3.98. The molecule has 2 unspecified atom stereocenters. The average molecular weight is 236 g/mol. The van der Waals surface area contributed by atoms with E-state index in [1.807, 2.05) is 0 Å². The Morgan fingerprint density at radius 3 is 2.29 bits per heavy atom. The van der Waals surface area contributed by atoms with Crippen LogP contribution in [-0.4, -0.2) is 36.6 Å². The van der Waals surface area contributed by atoms with E-state index in [1.54, 1.807) is 0 Å². The minimum Gasteiger partial charge on any atom is -0.310 e. The van der Waals surface area contributed by atoms with Crippen LogP contribution in [-0.2, 0) is 0 Å². The number of rotatable bonds is 3. The van der Waals surface area contributed by atoms with Crippen molar-refractivity contribution in [3.05, 3.63) is 0 Å². The maximum Gasteiger partial charge on any atom is 0.0226 e. The van der Waals surface area contributed by atoms with Crippen molar-refractivity contribution in [3.63, 3.8) is 0 Å². The van der Waals surface area contributed by atoms with E-state index in [1.165, 1.54) is 64.6 Å². The minimum absolute atomic E-state index is 0.751. The van der Waals surface area contributed by atoms with Gasteiger partial charge in [0, 0.05) is 18.6 Å². The van der Waals surface area contributed by atoms with Gasteiger partial charge in [-0.05, 0) is 57.5 Å². The molecule has 2 atom stereocenters. The number of fused-ring (bicyclic) bond motifs is 3. The first kappa shape index (κ1) is 12.0. The largest absolute Gasteiger partial charge is 0.310 e. The van der Waals surface area contributed by atoms with Crippen molar-refractivity contribution in [2.75, 3.05) is 19.6 Å². The Kier molecular flexibility index (Phi) is 3.72. The van der Waals surface area contributed by atoms with Gasteiger partial charge in [-0.3, -0.25) is 0 Å². The lowest BCUT2D eigenvalue weighted by atomic mass is 9.81. The van der Waals surface area contributed by atoms with Crippen LogP contribution in [0.4, 0.5) is 0 Å². The van der Waals surface area contributed by atoms with Crippen molar-refractivity contribution in [2.24, 2.45) is 11.8 Å². The summed E-state index contributed by atoms with van der Waals surface area (Å²) >= 11 is 0. The highest BCUT2D eigenvalue weighted by Gasteiger charge is 2.35. The lowest BCUT2D eigenvalue weighted by Gasteiger charge is -2.47. The van der Waals surface area contributed by atoms with Crippen molar-refractivity contribution in [1.82, 2.24) is 10.2 Å². The van der Waals surface area contributed by atoms with Gasteiger partial charge >= 0.3 is 0 Å². The van der Waals surface area contributed by atoms with Gasteiger partial charge < -0.3 is 10.2 Å². The topological polar surface area (TPSA) is 15.3 Å². The molecule has 3 aliphatic heterocycles. The highest BCUT2D eigenvalue weighted by molar-refractivity contribution is 4.93. The summed E-state index contributed by atoms with van der Waals surface area (Å²) in [6.45, 7) is 6.48. The molecule has 1 saturated carbocycles. The predicted molar refractivity (Wildman–Crippen MR) is 72.1 cm³/mol. The molecule has 17 heavy (non-hydrogen) atoms. The van der Waals surface area contributed by atoms with Crippen molar-refractivity contribution in [3.8, 4) is 0 Å². The molecule has 0 aromatic heterocycles. The van der Waals surface area contributed by atoms with Crippen LogP contribution >= 0.6 is 0 Å². The molecule has 0 amide bonds. The first-order chi connectivity index (χ1) is 8.33. The van der Waals surface area contributed by atoms with E-state index in [9.17, 15) is 0 Å². The SMILES string of the molecule is CC(NC1CN2CCC1CC2)C1CCCCC1. The smallest absolute Gasteiger partial charge is 0.0226 e. The van der Waals surface area contributed by atoms with Crippen molar-refractivity contribution >= 4 is 0 Å². The minimum atomic E-state index is 0.751. The van der Waals surface area contributed by atoms with Crippen LogP contribution in [0.1, 0.15) is 51.9 Å². The van der Waals surface area contributed by atoms with Crippen molar-refractivity contribution in [2.45, 2.75) is 64.0 Å². The standard InChI is InChI=1S/C15H28N2/c1-12(13-5-3-2-4-6-13)16-15-11-17-9-7-14(15)8-10-17/h12-16H,2-11H2,1H3. The van der Waals surface area contributed by atoms with Crippen LogP contribution in [0.2, 0.25) is 0 Å². The molecule has 0 radical (unpaired) electrons.